The Bertz CT molecular complexity index is 1310. The molecule has 0 saturated carbocycles. The van der Waals surface area contributed by atoms with Crippen LogP contribution >= 0.6 is 0 Å². The first-order chi connectivity index (χ1) is 15.5. The standard InChI is InChI=1S/C24H23N7O/c1-14-27-23(30-31(14)2)21-22(25)26-13-20(28-21)16-7-5-8-17(12-16)24(32)29-19-11-10-15-6-3-4-9-18(15)19/h3-9,12-13,19H,10-11H2,1-2H3,(H2,25,26)(H,29,32). The van der Waals surface area contributed by atoms with E-state index < -0.39 is 0 Å². The Morgan fingerprint density at radius 3 is 2.81 bits per heavy atom. The lowest BCUT2D eigenvalue weighted by molar-refractivity contribution is 0.0936. The average Bonchev–Trinajstić information content (AvgIpc) is 3.37. The molecule has 8 nitrogen and oxygen atoms in total. The van der Waals surface area contributed by atoms with Gasteiger partial charge in [0, 0.05) is 18.2 Å². The fraction of sp³-hybridized carbons (Fsp3) is 0.208. The minimum atomic E-state index is -0.112. The number of carbonyl (C=O) groups excluding carboxylic acids is 1. The highest BCUT2D eigenvalue weighted by Gasteiger charge is 2.24. The van der Waals surface area contributed by atoms with E-state index in [1.807, 2.05) is 44.3 Å². The molecular formula is C24H23N7O. The van der Waals surface area contributed by atoms with Gasteiger partial charge >= 0.3 is 0 Å². The first-order valence-corrected chi connectivity index (χ1v) is 10.5. The predicted molar refractivity (Wildman–Crippen MR) is 122 cm³/mol. The van der Waals surface area contributed by atoms with Crippen molar-refractivity contribution in [1.82, 2.24) is 30.0 Å². The average molecular weight is 425 g/mol. The van der Waals surface area contributed by atoms with Crippen molar-refractivity contribution < 1.29 is 4.79 Å². The van der Waals surface area contributed by atoms with Gasteiger partial charge in [0.25, 0.3) is 5.91 Å². The van der Waals surface area contributed by atoms with Crippen LogP contribution in [0, 0.1) is 6.92 Å². The Morgan fingerprint density at radius 2 is 2.00 bits per heavy atom. The number of rotatable bonds is 4. The highest BCUT2D eigenvalue weighted by atomic mass is 16.1. The van der Waals surface area contributed by atoms with Crippen LogP contribution in [0.15, 0.2) is 54.7 Å². The zero-order chi connectivity index (χ0) is 22.2. The molecule has 0 spiro atoms. The van der Waals surface area contributed by atoms with Gasteiger partial charge in [0.2, 0.25) is 5.82 Å². The molecule has 2 aromatic heterocycles. The fourth-order valence-electron chi connectivity index (χ4n) is 4.03. The van der Waals surface area contributed by atoms with E-state index in [1.54, 1.807) is 16.9 Å². The second-order valence-corrected chi connectivity index (χ2v) is 7.94. The van der Waals surface area contributed by atoms with Crippen LogP contribution in [0.2, 0.25) is 0 Å². The molecule has 0 aliphatic heterocycles. The number of fused-ring (bicyclic) bond motifs is 1. The number of hydrogen-bond acceptors (Lipinski definition) is 6. The van der Waals surface area contributed by atoms with Crippen LogP contribution in [0.25, 0.3) is 22.8 Å². The van der Waals surface area contributed by atoms with Gasteiger partial charge in [-0.15, -0.1) is 5.10 Å². The quantitative estimate of drug-likeness (QED) is 0.519. The van der Waals surface area contributed by atoms with E-state index in [0.29, 0.717) is 22.8 Å². The third kappa shape index (κ3) is 3.60. The Balaban J connectivity index is 1.42. The summed E-state index contributed by atoms with van der Waals surface area (Å²) in [5.74, 6) is 1.32. The second-order valence-electron chi connectivity index (χ2n) is 7.94. The number of benzene rings is 2. The van der Waals surface area contributed by atoms with Gasteiger partial charge < -0.3 is 11.1 Å². The molecule has 3 N–H and O–H groups in total. The topological polar surface area (TPSA) is 112 Å². The van der Waals surface area contributed by atoms with Crippen LogP contribution < -0.4 is 11.1 Å². The summed E-state index contributed by atoms with van der Waals surface area (Å²) in [7, 11) is 1.81. The van der Waals surface area contributed by atoms with Crippen molar-refractivity contribution in [2.75, 3.05) is 5.73 Å². The minimum Gasteiger partial charge on any atom is -0.382 e. The van der Waals surface area contributed by atoms with Gasteiger partial charge in [0.1, 0.15) is 5.82 Å². The van der Waals surface area contributed by atoms with E-state index in [9.17, 15) is 4.79 Å². The maximum atomic E-state index is 13.0. The molecule has 32 heavy (non-hydrogen) atoms. The number of hydrogen-bond donors (Lipinski definition) is 2. The van der Waals surface area contributed by atoms with Crippen LogP contribution in [-0.4, -0.2) is 30.6 Å². The summed E-state index contributed by atoms with van der Waals surface area (Å²) < 4.78 is 1.66. The molecule has 0 radical (unpaired) electrons. The Morgan fingerprint density at radius 1 is 1.16 bits per heavy atom. The Hall–Kier alpha value is -4.07. The number of aromatic nitrogens is 5. The first kappa shape index (κ1) is 19.9. The monoisotopic (exact) mass is 425 g/mol. The fourth-order valence-corrected chi connectivity index (χ4v) is 4.03. The van der Waals surface area contributed by atoms with Gasteiger partial charge in [-0.25, -0.2) is 15.0 Å². The van der Waals surface area contributed by atoms with E-state index in [4.69, 9.17) is 5.73 Å². The van der Waals surface area contributed by atoms with E-state index >= 15 is 0 Å². The van der Waals surface area contributed by atoms with Gasteiger partial charge in [-0.1, -0.05) is 36.4 Å². The van der Waals surface area contributed by atoms with E-state index in [0.717, 1.165) is 24.2 Å². The lowest BCUT2D eigenvalue weighted by Crippen LogP contribution is -2.27. The largest absolute Gasteiger partial charge is 0.382 e. The van der Waals surface area contributed by atoms with Gasteiger partial charge in [-0.2, -0.15) is 0 Å². The highest BCUT2D eigenvalue weighted by Crippen LogP contribution is 2.31. The molecule has 0 fully saturated rings. The molecule has 1 aliphatic carbocycles. The molecular weight excluding hydrogens is 402 g/mol. The van der Waals surface area contributed by atoms with Crippen LogP contribution in [0.4, 0.5) is 5.82 Å². The Labute approximate surface area is 185 Å². The summed E-state index contributed by atoms with van der Waals surface area (Å²) in [5.41, 5.74) is 10.9. The predicted octanol–water partition coefficient (Wildman–Crippen LogP) is 3.25. The van der Waals surface area contributed by atoms with Gasteiger partial charge in [-0.05, 0) is 43.0 Å². The molecule has 2 heterocycles. The lowest BCUT2D eigenvalue weighted by Gasteiger charge is -2.14. The smallest absolute Gasteiger partial charge is 0.251 e. The van der Waals surface area contributed by atoms with Crippen molar-refractivity contribution in [2.24, 2.45) is 7.05 Å². The lowest BCUT2D eigenvalue weighted by atomic mass is 10.1. The van der Waals surface area contributed by atoms with Gasteiger partial charge in [0.15, 0.2) is 11.5 Å². The van der Waals surface area contributed by atoms with Crippen LogP contribution in [-0.2, 0) is 13.5 Å². The van der Waals surface area contributed by atoms with Crippen molar-refractivity contribution in [2.45, 2.75) is 25.8 Å². The van der Waals surface area contributed by atoms with Crippen LogP contribution in [0.1, 0.15) is 39.8 Å². The number of nitrogen functional groups attached to an aromatic ring is 1. The van der Waals surface area contributed by atoms with E-state index in [-0.39, 0.29) is 17.8 Å². The summed E-state index contributed by atoms with van der Waals surface area (Å²) in [5, 5.41) is 7.52. The molecule has 5 rings (SSSR count). The molecule has 8 heteroatoms. The van der Waals surface area contributed by atoms with Crippen molar-refractivity contribution >= 4 is 11.7 Å². The molecule has 4 aromatic rings. The van der Waals surface area contributed by atoms with Crippen molar-refractivity contribution in [3.63, 3.8) is 0 Å². The van der Waals surface area contributed by atoms with Gasteiger partial charge in [0.05, 0.1) is 17.9 Å². The third-order valence-corrected chi connectivity index (χ3v) is 5.85. The SMILES string of the molecule is Cc1nc(-c2nc(-c3cccc(C(=O)NC4CCc5ccccc54)c3)cnc2N)nn1C. The number of amides is 1. The molecule has 1 aliphatic rings. The molecule has 1 atom stereocenters. The summed E-state index contributed by atoms with van der Waals surface area (Å²) in [4.78, 5) is 26.3. The number of carbonyl (C=O) groups is 1. The summed E-state index contributed by atoms with van der Waals surface area (Å²) in [6.45, 7) is 1.86. The van der Waals surface area contributed by atoms with Crippen molar-refractivity contribution in [3.05, 3.63) is 77.2 Å². The number of anilines is 1. The molecule has 0 bridgehead atoms. The molecule has 2 aromatic carbocycles. The zero-order valence-corrected chi connectivity index (χ0v) is 17.9. The molecule has 160 valence electrons. The summed E-state index contributed by atoms with van der Waals surface area (Å²) in [6, 6.07) is 15.6. The summed E-state index contributed by atoms with van der Waals surface area (Å²) in [6.07, 6.45) is 3.49. The number of nitrogens with zero attached hydrogens (tertiary/aromatic N) is 5. The minimum absolute atomic E-state index is 0.0312. The number of nitrogens with two attached hydrogens (primary N) is 1. The van der Waals surface area contributed by atoms with Crippen molar-refractivity contribution in [3.8, 4) is 22.8 Å². The van der Waals surface area contributed by atoms with Crippen molar-refractivity contribution in [1.29, 1.82) is 0 Å². The third-order valence-electron chi connectivity index (χ3n) is 5.85. The summed E-state index contributed by atoms with van der Waals surface area (Å²) >= 11 is 0. The first-order valence-electron chi connectivity index (χ1n) is 10.5. The number of aryl methyl sites for hydroxylation is 3. The van der Waals surface area contributed by atoms with Crippen LogP contribution in [0.3, 0.4) is 0 Å². The maximum Gasteiger partial charge on any atom is 0.251 e. The van der Waals surface area contributed by atoms with Gasteiger partial charge in [-0.3, -0.25) is 9.48 Å². The van der Waals surface area contributed by atoms with Crippen LogP contribution in [0.5, 0.6) is 0 Å². The Kier molecular flexibility index (Phi) is 4.89. The molecule has 0 saturated heterocycles. The van der Waals surface area contributed by atoms with E-state index in [1.165, 1.54) is 11.1 Å². The molecule has 1 unspecified atom stereocenters. The normalized spacial score (nSPS) is 14.9. The number of nitrogens with one attached hydrogen (secondary N) is 1. The second kappa shape index (κ2) is 7.88. The molecule has 1 amide bonds. The van der Waals surface area contributed by atoms with E-state index in [2.05, 4.69) is 37.5 Å². The maximum absolute atomic E-state index is 13.0. The highest BCUT2D eigenvalue weighted by molar-refractivity contribution is 5.95. The zero-order valence-electron chi connectivity index (χ0n) is 17.9.